The van der Waals surface area contributed by atoms with Crippen molar-refractivity contribution in [3.05, 3.63) is 0 Å². The van der Waals surface area contributed by atoms with E-state index in [-0.39, 0.29) is 5.91 Å². The van der Waals surface area contributed by atoms with Crippen LogP contribution in [0.3, 0.4) is 0 Å². The van der Waals surface area contributed by atoms with Crippen LogP contribution in [0.25, 0.3) is 0 Å². The first-order valence-electron chi connectivity index (χ1n) is 6.58. The highest BCUT2D eigenvalue weighted by molar-refractivity contribution is 5.75. The van der Waals surface area contributed by atoms with Gasteiger partial charge in [-0.1, -0.05) is 0 Å². The van der Waals surface area contributed by atoms with Crippen molar-refractivity contribution in [2.45, 2.75) is 38.1 Å². The molecule has 1 fully saturated rings. The lowest BCUT2D eigenvalue weighted by Crippen LogP contribution is -2.50. The Morgan fingerprint density at radius 2 is 1.94 bits per heavy atom. The number of amides is 1. The fourth-order valence-electron chi connectivity index (χ4n) is 2.20. The summed E-state index contributed by atoms with van der Waals surface area (Å²) in [5.74, 6) is 0.238. The minimum absolute atomic E-state index is 0.238. The second kappa shape index (κ2) is 6.36. The highest BCUT2D eigenvalue weighted by Gasteiger charge is 2.27. The second-order valence-electron chi connectivity index (χ2n) is 5.54. The molecule has 0 aromatic carbocycles. The number of hydrogen-bond donors (Lipinski definition) is 1. The van der Waals surface area contributed by atoms with Crippen molar-refractivity contribution in [3.63, 3.8) is 0 Å². The highest BCUT2D eigenvalue weighted by atomic mass is 16.2. The second-order valence-corrected chi connectivity index (χ2v) is 5.54. The maximum atomic E-state index is 11.4. The summed E-state index contributed by atoms with van der Waals surface area (Å²) < 4.78 is 0. The van der Waals surface area contributed by atoms with Gasteiger partial charge in [-0.2, -0.15) is 0 Å². The van der Waals surface area contributed by atoms with E-state index in [2.05, 4.69) is 17.1 Å². The first-order valence-corrected chi connectivity index (χ1v) is 6.58. The molecular formula is C13H27N3O. The summed E-state index contributed by atoms with van der Waals surface area (Å²) in [6, 6.07) is 0. The maximum absolute atomic E-state index is 11.4. The van der Waals surface area contributed by atoms with Crippen molar-refractivity contribution >= 4 is 5.91 Å². The van der Waals surface area contributed by atoms with Crippen LogP contribution in [0.4, 0.5) is 0 Å². The number of carbonyl (C=O) groups is 1. The molecule has 0 atom stereocenters. The average Bonchev–Trinajstić information content (AvgIpc) is 2.31. The van der Waals surface area contributed by atoms with Crippen LogP contribution in [0.15, 0.2) is 0 Å². The summed E-state index contributed by atoms with van der Waals surface area (Å²) in [5, 5.41) is 3.40. The predicted molar refractivity (Wildman–Crippen MR) is 71.1 cm³/mol. The zero-order valence-electron chi connectivity index (χ0n) is 11.8. The lowest BCUT2D eigenvalue weighted by Gasteiger charge is -2.39. The summed E-state index contributed by atoms with van der Waals surface area (Å²) in [6.45, 7) is 5.64. The summed E-state index contributed by atoms with van der Waals surface area (Å²) >= 11 is 0. The number of carbonyl (C=O) groups excluding carboxylic acids is 1. The van der Waals surface area contributed by atoms with Crippen molar-refractivity contribution in [3.8, 4) is 0 Å². The Labute approximate surface area is 105 Å². The normalized spacial score (nSPS) is 20.2. The summed E-state index contributed by atoms with van der Waals surface area (Å²) in [4.78, 5) is 15.6. The Balaban J connectivity index is 2.17. The zero-order valence-corrected chi connectivity index (χ0v) is 11.8. The smallest absolute Gasteiger partial charge is 0.222 e. The molecule has 0 spiro atoms. The summed E-state index contributed by atoms with van der Waals surface area (Å²) in [5.41, 5.74) is 0.315. The van der Waals surface area contributed by atoms with Gasteiger partial charge in [-0.25, -0.2) is 0 Å². The van der Waals surface area contributed by atoms with E-state index in [4.69, 9.17) is 0 Å². The Hall–Kier alpha value is -0.610. The fourth-order valence-corrected chi connectivity index (χ4v) is 2.20. The molecule has 0 aromatic rings. The third kappa shape index (κ3) is 4.64. The number of rotatable bonds is 5. The molecule has 17 heavy (non-hydrogen) atoms. The van der Waals surface area contributed by atoms with Gasteiger partial charge in [0.1, 0.15) is 0 Å². The van der Waals surface area contributed by atoms with E-state index in [9.17, 15) is 4.79 Å². The first kappa shape index (κ1) is 14.5. The van der Waals surface area contributed by atoms with Gasteiger partial charge in [-0.3, -0.25) is 4.79 Å². The van der Waals surface area contributed by atoms with E-state index >= 15 is 0 Å². The van der Waals surface area contributed by atoms with Crippen molar-refractivity contribution in [1.82, 2.24) is 15.1 Å². The molecule has 0 radical (unpaired) electrons. The van der Waals surface area contributed by atoms with E-state index in [1.54, 1.807) is 4.90 Å². The number of nitrogens with zero attached hydrogens (tertiary/aromatic N) is 2. The van der Waals surface area contributed by atoms with Crippen LogP contribution in [0, 0.1) is 0 Å². The summed E-state index contributed by atoms with van der Waals surface area (Å²) in [6.07, 6.45) is 4.05. The van der Waals surface area contributed by atoms with Crippen LogP contribution in [0.5, 0.6) is 0 Å². The molecule has 0 saturated carbocycles. The highest BCUT2D eigenvalue weighted by Crippen LogP contribution is 2.21. The van der Waals surface area contributed by atoms with Gasteiger partial charge in [-0.15, -0.1) is 0 Å². The Kier molecular flexibility index (Phi) is 5.40. The monoisotopic (exact) mass is 241 g/mol. The summed E-state index contributed by atoms with van der Waals surface area (Å²) in [7, 11) is 5.69. The van der Waals surface area contributed by atoms with Gasteiger partial charge in [-0.05, 0) is 52.9 Å². The van der Waals surface area contributed by atoms with Gasteiger partial charge in [0.15, 0.2) is 0 Å². The molecule has 1 saturated heterocycles. The lowest BCUT2D eigenvalue weighted by molar-refractivity contribution is -0.128. The Morgan fingerprint density at radius 1 is 1.35 bits per heavy atom. The Bertz CT molecular complexity index is 245. The number of nitrogens with one attached hydrogen (secondary N) is 1. The molecule has 4 heteroatoms. The number of hydrogen-bond acceptors (Lipinski definition) is 3. The largest absolute Gasteiger partial charge is 0.349 e. The van der Waals surface area contributed by atoms with E-state index < -0.39 is 0 Å². The standard InChI is InChI=1S/C13H27N3O/c1-13(14-2)7-10-16(11-8-13)9-5-6-12(17)15(3)4/h14H,5-11H2,1-4H3. The molecule has 1 aliphatic heterocycles. The van der Waals surface area contributed by atoms with E-state index in [1.807, 2.05) is 21.1 Å². The van der Waals surface area contributed by atoms with Crippen LogP contribution in [0.1, 0.15) is 32.6 Å². The lowest BCUT2D eigenvalue weighted by atomic mass is 9.90. The fraction of sp³-hybridized carbons (Fsp3) is 0.923. The Morgan fingerprint density at radius 3 is 2.41 bits per heavy atom. The molecule has 0 aliphatic carbocycles. The third-order valence-corrected chi connectivity index (χ3v) is 3.93. The van der Waals surface area contributed by atoms with Crippen LogP contribution in [0.2, 0.25) is 0 Å². The minimum atomic E-state index is 0.238. The molecule has 1 amide bonds. The first-order chi connectivity index (χ1) is 7.97. The molecule has 1 aliphatic rings. The average molecular weight is 241 g/mol. The molecule has 1 rings (SSSR count). The molecule has 0 bridgehead atoms. The van der Waals surface area contributed by atoms with Crippen LogP contribution in [-0.2, 0) is 4.79 Å². The van der Waals surface area contributed by atoms with Gasteiger partial charge in [0, 0.05) is 26.1 Å². The van der Waals surface area contributed by atoms with Gasteiger partial charge in [0.05, 0.1) is 0 Å². The quantitative estimate of drug-likeness (QED) is 0.778. The molecule has 100 valence electrons. The predicted octanol–water partition coefficient (Wildman–Crippen LogP) is 0.929. The van der Waals surface area contributed by atoms with E-state index in [1.165, 1.54) is 12.8 Å². The van der Waals surface area contributed by atoms with Gasteiger partial charge in [0.2, 0.25) is 5.91 Å². The van der Waals surface area contributed by atoms with E-state index in [0.717, 1.165) is 26.1 Å². The number of likely N-dealkylation sites (tertiary alicyclic amines) is 1. The minimum Gasteiger partial charge on any atom is -0.349 e. The van der Waals surface area contributed by atoms with Crippen molar-refractivity contribution in [2.75, 3.05) is 40.8 Å². The van der Waals surface area contributed by atoms with E-state index in [0.29, 0.717) is 12.0 Å². The van der Waals surface area contributed by atoms with Crippen LogP contribution < -0.4 is 5.32 Å². The van der Waals surface area contributed by atoms with Gasteiger partial charge in [0.25, 0.3) is 0 Å². The van der Waals surface area contributed by atoms with Crippen molar-refractivity contribution < 1.29 is 4.79 Å². The molecule has 4 nitrogen and oxygen atoms in total. The van der Waals surface area contributed by atoms with Crippen molar-refractivity contribution in [2.24, 2.45) is 0 Å². The molecule has 0 unspecified atom stereocenters. The molecule has 0 aromatic heterocycles. The molecule has 1 N–H and O–H groups in total. The maximum Gasteiger partial charge on any atom is 0.222 e. The van der Waals surface area contributed by atoms with Crippen LogP contribution >= 0.6 is 0 Å². The number of piperidine rings is 1. The molecular weight excluding hydrogens is 214 g/mol. The van der Waals surface area contributed by atoms with Crippen molar-refractivity contribution in [1.29, 1.82) is 0 Å². The third-order valence-electron chi connectivity index (χ3n) is 3.93. The zero-order chi connectivity index (χ0) is 12.9. The van der Waals surface area contributed by atoms with Gasteiger partial charge >= 0.3 is 0 Å². The topological polar surface area (TPSA) is 35.6 Å². The SMILES string of the molecule is CNC1(C)CCN(CCCC(=O)N(C)C)CC1. The van der Waals surface area contributed by atoms with Crippen LogP contribution in [-0.4, -0.2) is 62.0 Å². The van der Waals surface area contributed by atoms with Gasteiger partial charge < -0.3 is 15.1 Å². The molecule has 1 heterocycles.